The zero-order valence-electron chi connectivity index (χ0n) is 8.09. The van der Waals surface area contributed by atoms with Crippen LogP contribution in [0.4, 0.5) is 5.69 Å². The van der Waals surface area contributed by atoms with Crippen molar-refractivity contribution in [2.45, 2.75) is 18.9 Å². The minimum Gasteiger partial charge on any atom is -0.489 e. The summed E-state index contributed by atoms with van der Waals surface area (Å²) in [6, 6.07) is 7.94. The van der Waals surface area contributed by atoms with E-state index in [-0.39, 0.29) is 11.6 Å². The van der Waals surface area contributed by atoms with Gasteiger partial charge in [0.25, 0.3) is 5.88 Å². The molecule has 74 valence electrons. The van der Waals surface area contributed by atoms with Crippen molar-refractivity contribution >= 4 is 16.6 Å². The fourth-order valence-electron chi connectivity index (χ4n) is 2.03. The molecule has 0 saturated heterocycles. The van der Waals surface area contributed by atoms with Crippen LogP contribution in [0.1, 0.15) is 18.9 Å². The summed E-state index contributed by atoms with van der Waals surface area (Å²) in [5.74, 6) is 0.0706. The molecule has 0 amide bonds. The third-order valence-corrected chi connectivity index (χ3v) is 2.87. The molecule has 0 spiro atoms. The number of diazo groups is 1. The van der Waals surface area contributed by atoms with Crippen molar-refractivity contribution in [1.29, 1.82) is 5.39 Å². The largest absolute Gasteiger partial charge is 0.489 e. The van der Waals surface area contributed by atoms with E-state index in [0.717, 1.165) is 23.7 Å². The zero-order valence-corrected chi connectivity index (χ0v) is 8.09. The number of para-hydroxylation sites is 1. The van der Waals surface area contributed by atoms with E-state index in [1.807, 2.05) is 28.8 Å². The topological polar surface area (TPSA) is 53.3 Å². The first-order valence-corrected chi connectivity index (χ1v) is 5.00. The smallest absolute Gasteiger partial charge is 0.453 e. The zero-order chi connectivity index (χ0) is 10.4. The summed E-state index contributed by atoms with van der Waals surface area (Å²) in [5, 5.41) is 19.6. The van der Waals surface area contributed by atoms with Crippen LogP contribution in [0, 0.1) is 5.39 Å². The lowest BCUT2D eigenvalue weighted by atomic mass is 10.2. The van der Waals surface area contributed by atoms with Crippen LogP contribution in [-0.4, -0.2) is 9.67 Å². The standard InChI is InChI=1S/C11H9N3O/c12-13-10-8-3-1-2-4-9(8)14(11(10)15)7-5-6-7/h1-4,7H,5-6H2/p+1. The van der Waals surface area contributed by atoms with Crippen LogP contribution >= 0.6 is 0 Å². The van der Waals surface area contributed by atoms with Crippen LogP contribution in [0.5, 0.6) is 5.88 Å². The van der Waals surface area contributed by atoms with Crippen molar-refractivity contribution in [3.63, 3.8) is 0 Å². The van der Waals surface area contributed by atoms with E-state index >= 15 is 0 Å². The summed E-state index contributed by atoms with van der Waals surface area (Å²) >= 11 is 0. The van der Waals surface area contributed by atoms with Crippen molar-refractivity contribution in [3.8, 4) is 5.88 Å². The minimum atomic E-state index is 0.0706. The second-order valence-corrected chi connectivity index (χ2v) is 3.89. The monoisotopic (exact) mass is 200 g/mol. The first kappa shape index (κ1) is 8.30. The number of hydrogen-bond acceptors (Lipinski definition) is 2. The predicted octanol–water partition coefficient (Wildman–Crippen LogP) is 3.17. The van der Waals surface area contributed by atoms with Gasteiger partial charge in [-0.15, -0.1) is 0 Å². The fraction of sp³-hybridized carbons (Fsp3) is 0.273. The maximum absolute atomic E-state index is 9.93. The van der Waals surface area contributed by atoms with E-state index in [9.17, 15) is 5.11 Å². The Kier molecular flexibility index (Phi) is 1.51. The predicted molar refractivity (Wildman–Crippen MR) is 56.6 cm³/mol. The van der Waals surface area contributed by atoms with Gasteiger partial charge in [0.1, 0.15) is 0 Å². The summed E-state index contributed by atoms with van der Waals surface area (Å²) < 4.78 is 1.85. The normalized spacial score (nSPS) is 15.4. The van der Waals surface area contributed by atoms with Crippen LogP contribution in [-0.2, 0) is 0 Å². The van der Waals surface area contributed by atoms with E-state index in [2.05, 4.69) is 4.98 Å². The Balaban J connectivity index is 2.43. The lowest BCUT2D eigenvalue weighted by molar-refractivity contribution is 0.426. The van der Waals surface area contributed by atoms with Gasteiger partial charge in [0.15, 0.2) is 4.98 Å². The number of hydrogen-bond donors (Lipinski definition) is 1. The van der Waals surface area contributed by atoms with Gasteiger partial charge >= 0.3 is 5.69 Å². The Morgan fingerprint density at radius 2 is 2.07 bits per heavy atom. The Hall–Kier alpha value is -2.02. The van der Waals surface area contributed by atoms with Crippen molar-refractivity contribution in [2.24, 2.45) is 0 Å². The van der Waals surface area contributed by atoms with Crippen LogP contribution in [0.3, 0.4) is 0 Å². The van der Waals surface area contributed by atoms with Crippen molar-refractivity contribution in [3.05, 3.63) is 29.2 Å². The molecule has 0 bridgehead atoms. The van der Waals surface area contributed by atoms with Gasteiger partial charge in [-0.25, -0.2) is 0 Å². The van der Waals surface area contributed by atoms with Gasteiger partial charge in [0, 0.05) is 6.04 Å². The highest BCUT2D eigenvalue weighted by molar-refractivity contribution is 5.97. The second-order valence-electron chi connectivity index (χ2n) is 3.89. The van der Waals surface area contributed by atoms with E-state index < -0.39 is 0 Å². The van der Waals surface area contributed by atoms with E-state index in [0.29, 0.717) is 6.04 Å². The minimum absolute atomic E-state index is 0.0706. The number of rotatable bonds is 1. The maximum Gasteiger partial charge on any atom is 0.453 e. The lowest BCUT2D eigenvalue weighted by Crippen LogP contribution is -1.91. The summed E-state index contributed by atoms with van der Waals surface area (Å²) in [6.45, 7) is 0. The molecule has 1 aliphatic rings. The molecule has 15 heavy (non-hydrogen) atoms. The fourth-order valence-corrected chi connectivity index (χ4v) is 2.03. The molecule has 1 heterocycles. The molecule has 0 unspecified atom stereocenters. The molecule has 1 aromatic carbocycles. The third kappa shape index (κ3) is 1.03. The van der Waals surface area contributed by atoms with Gasteiger partial charge in [-0.1, -0.05) is 12.1 Å². The third-order valence-electron chi connectivity index (χ3n) is 2.87. The highest BCUT2D eigenvalue weighted by Crippen LogP contribution is 2.47. The van der Waals surface area contributed by atoms with E-state index in [1.54, 1.807) is 0 Å². The molecule has 1 aromatic heterocycles. The molecule has 3 rings (SSSR count). The Labute approximate surface area is 86.4 Å². The van der Waals surface area contributed by atoms with Gasteiger partial charge in [0.2, 0.25) is 5.39 Å². The molecule has 1 fully saturated rings. The van der Waals surface area contributed by atoms with Crippen molar-refractivity contribution < 1.29 is 5.11 Å². The van der Waals surface area contributed by atoms with Crippen LogP contribution < -0.4 is 0 Å². The number of fused-ring (bicyclic) bond motifs is 1. The Bertz CT molecular complexity index is 575. The molecular weight excluding hydrogens is 190 g/mol. The van der Waals surface area contributed by atoms with E-state index in [4.69, 9.17) is 5.39 Å². The SMILES string of the molecule is N#[N+]c1c(O)n(C2CC2)c2ccccc12. The molecule has 0 atom stereocenters. The number of nitrogens with zero attached hydrogens (tertiary/aromatic N) is 3. The lowest BCUT2D eigenvalue weighted by Gasteiger charge is -2.01. The molecule has 1 N–H and O–H groups in total. The van der Waals surface area contributed by atoms with Crippen molar-refractivity contribution in [2.75, 3.05) is 0 Å². The van der Waals surface area contributed by atoms with Gasteiger partial charge in [-0.3, -0.25) is 0 Å². The molecule has 1 aliphatic carbocycles. The number of aromatic nitrogens is 1. The molecule has 1 saturated carbocycles. The molecule has 0 radical (unpaired) electrons. The van der Waals surface area contributed by atoms with Gasteiger partial charge in [-0.05, 0) is 25.0 Å². The summed E-state index contributed by atoms with van der Waals surface area (Å²) in [6.07, 6.45) is 2.16. The first-order valence-electron chi connectivity index (χ1n) is 5.00. The second kappa shape index (κ2) is 2.74. The molecule has 4 nitrogen and oxygen atoms in total. The molecule has 2 aromatic rings. The van der Waals surface area contributed by atoms with Crippen LogP contribution in [0.15, 0.2) is 24.3 Å². The summed E-state index contributed by atoms with van der Waals surface area (Å²) in [4.78, 5) is 3.16. The van der Waals surface area contributed by atoms with Gasteiger partial charge in [0.05, 0.1) is 10.9 Å². The maximum atomic E-state index is 9.93. The van der Waals surface area contributed by atoms with Crippen LogP contribution in [0.2, 0.25) is 0 Å². The highest BCUT2D eigenvalue weighted by atomic mass is 16.3. The Morgan fingerprint density at radius 3 is 2.73 bits per heavy atom. The van der Waals surface area contributed by atoms with E-state index in [1.165, 1.54) is 0 Å². The number of benzene rings is 1. The van der Waals surface area contributed by atoms with Gasteiger partial charge < -0.3 is 9.67 Å². The van der Waals surface area contributed by atoms with Crippen molar-refractivity contribution in [1.82, 2.24) is 4.57 Å². The average molecular weight is 200 g/mol. The van der Waals surface area contributed by atoms with Crippen LogP contribution in [0.25, 0.3) is 15.9 Å². The highest BCUT2D eigenvalue weighted by Gasteiger charge is 2.34. The quantitative estimate of drug-likeness (QED) is 0.719. The molecule has 0 aliphatic heterocycles. The Morgan fingerprint density at radius 1 is 1.33 bits per heavy atom. The van der Waals surface area contributed by atoms with Gasteiger partial charge in [-0.2, -0.15) is 0 Å². The first-order chi connectivity index (χ1) is 7.33. The molecule has 4 heteroatoms. The summed E-state index contributed by atoms with van der Waals surface area (Å²) in [7, 11) is 0. The molecular formula is C11H10N3O+. The summed E-state index contributed by atoms with van der Waals surface area (Å²) in [5.41, 5.74) is 1.21. The average Bonchev–Trinajstić information content (AvgIpc) is 3.02. The number of aromatic hydroxyl groups is 1.